The number of halogens is 3. The van der Waals surface area contributed by atoms with Crippen LogP contribution in [0.25, 0.3) is 0 Å². The van der Waals surface area contributed by atoms with Gasteiger partial charge in [0.2, 0.25) is 5.91 Å². The van der Waals surface area contributed by atoms with E-state index < -0.39 is 17.2 Å². The number of carbonyl (C=O) groups excluding carboxylic acids is 1. The predicted molar refractivity (Wildman–Crippen MR) is 141 cm³/mol. The van der Waals surface area contributed by atoms with Crippen LogP contribution in [0.1, 0.15) is 56.8 Å². The lowest BCUT2D eigenvalue weighted by Gasteiger charge is -2.43. The Morgan fingerprint density at radius 1 is 1.13 bits per heavy atom. The molecular formula is C29H38F3N4O2+. The number of nitrogens with one attached hydrogen (secondary N) is 1. The number of carbonyl (C=O) groups is 1. The molecule has 1 unspecified atom stereocenters. The van der Waals surface area contributed by atoms with Gasteiger partial charge in [-0.05, 0) is 57.5 Å². The summed E-state index contributed by atoms with van der Waals surface area (Å²) in [6, 6.07) is 9.20. The van der Waals surface area contributed by atoms with E-state index in [1.165, 1.54) is 11.0 Å². The lowest BCUT2D eigenvalue weighted by atomic mass is 9.77. The van der Waals surface area contributed by atoms with Crippen LogP contribution in [-0.4, -0.2) is 62.2 Å². The molecule has 3 atom stereocenters. The summed E-state index contributed by atoms with van der Waals surface area (Å²) < 4.78 is 49.8. The summed E-state index contributed by atoms with van der Waals surface area (Å²) in [7, 11) is 0. The first-order valence-electron chi connectivity index (χ1n) is 14.1. The Labute approximate surface area is 222 Å². The number of furan rings is 1. The van der Waals surface area contributed by atoms with E-state index in [4.69, 9.17) is 4.42 Å². The van der Waals surface area contributed by atoms with Crippen LogP contribution in [0.5, 0.6) is 0 Å². The number of hydrogen-bond donors (Lipinski definition) is 1. The maximum absolute atomic E-state index is 14.6. The molecule has 0 bridgehead atoms. The minimum absolute atomic E-state index is 0.0238. The third-order valence-electron chi connectivity index (χ3n) is 9.97. The summed E-state index contributed by atoms with van der Waals surface area (Å²) >= 11 is 0. The van der Waals surface area contributed by atoms with Crippen molar-refractivity contribution >= 4 is 17.3 Å². The average Bonchev–Trinajstić information content (AvgIpc) is 3.70. The zero-order chi connectivity index (χ0) is 26.5. The second kappa shape index (κ2) is 9.68. The SMILES string of the molecule is C[C@H]1CCC[N+]1(c1ccc(N2CCC3(CCN(Cc4ccco4)CC3)C2=O)c(C(F)(F)F)c1)[C@H]1CCNC1. The van der Waals surface area contributed by atoms with Gasteiger partial charge in [-0.2, -0.15) is 13.2 Å². The Hall–Kier alpha value is -2.36. The van der Waals surface area contributed by atoms with E-state index in [1.807, 2.05) is 18.2 Å². The predicted octanol–water partition coefficient (Wildman–Crippen LogP) is 5.17. The van der Waals surface area contributed by atoms with Crippen LogP contribution in [0.3, 0.4) is 0 Å². The molecule has 0 saturated carbocycles. The fourth-order valence-electron chi connectivity index (χ4n) is 7.79. The third kappa shape index (κ3) is 4.27. The molecule has 2 aromatic rings. The van der Waals surface area contributed by atoms with Crippen molar-refractivity contribution in [2.75, 3.05) is 44.2 Å². The molecule has 206 valence electrons. The number of nitrogens with zero attached hydrogens (tertiary/aromatic N) is 3. The second-order valence-corrected chi connectivity index (χ2v) is 11.8. The van der Waals surface area contributed by atoms with Gasteiger partial charge in [0.25, 0.3) is 0 Å². The molecule has 1 aromatic carbocycles. The third-order valence-corrected chi connectivity index (χ3v) is 9.97. The first-order valence-corrected chi connectivity index (χ1v) is 14.1. The van der Waals surface area contributed by atoms with Crippen molar-refractivity contribution in [1.29, 1.82) is 0 Å². The normalized spacial score (nSPS) is 30.1. The van der Waals surface area contributed by atoms with Gasteiger partial charge in [0.05, 0.1) is 42.1 Å². The van der Waals surface area contributed by atoms with Gasteiger partial charge in [-0.25, -0.2) is 0 Å². The Balaban J connectivity index is 1.27. The fraction of sp³-hybridized carbons (Fsp3) is 0.621. The lowest BCUT2D eigenvalue weighted by Crippen LogP contribution is -2.59. The number of alkyl halides is 3. The van der Waals surface area contributed by atoms with Crippen LogP contribution in [-0.2, 0) is 17.5 Å². The molecule has 0 radical (unpaired) electrons. The molecule has 1 spiro atoms. The van der Waals surface area contributed by atoms with Crippen LogP contribution in [0, 0.1) is 5.41 Å². The minimum Gasteiger partial charge on any atom is -0.468 e. The summed E-state index contributed by atoms with van der Waals surface area (Å²) in [5.41, 5.74) is -0.477. The fourth-order valence-corrected chi connectivity index (χ4v) is 7.79. The summed E-state index contributed by atoms with van der Waals surface area (Å²) in [5.74, 6) is 0.739. The van der Waals surface area contributed by atoms with Crippen molar-refractivity contribution in [2.24, 2.45) is 5.41 Å². The van der Waals surface area contributed by atoms with Gasteiger partial charge in [-0.3, -0.25) is 14.2 Å². The van der Waals surface area contributed by atoms with E-state index in [0.29, 0.717) is 36.8 Å². The number of quaternary nitrogens is 1. The quantitative estimate of drug-likeness (QED) is 0.541. The molecule has 4 aliphatic heterocycles. The molecule has 6 nitrogen and oxygen atoms in total. The molecule has 5 heterocycles. The molecule has 38 heavy (non-hydrogen) atoms. The number of piperidine rings is 1. The summed E-state index contributed by atoms with van der Waals surface area (Å²) in [6.45, 7) is 7.28. The molecule has 4 saturated heterocycles. The topological polar surface area (TPSA) is 48.7 Å². The van der Waals surface area contributed by atoms with Crippen molar-refractivity contribution in [3.8, 4) is 0 Å². The van der Waals surface area contributed by atoms with Gasteiger partial charge in [-0.15, -0.1) is 0 Å². The molecule has 6 rings (SSSR count). The first kappa shape index (κ1) is 25.9. The number of anilines is 1. The zero-order valence-corrected chi connectivity index (χ0v) is 22.1. The number of hydrogen-bond acceptors (Lipinski definition) is 4. The highest BCUT2D eigenvalue weighted by Crippen LogP contribution is 2.48. The van der Waals surface area contributed by atoms with Gasteiger partial charge in [0.15, 0.2) is 0 Å². The van der Waals surface area contributed by atoms with E-state index in [0.717, 1.165) is 63.4 Å². The molecule has 1 amide bonds. The number of benzene rings is 1. The highest BCUT2D eigenvalue weighted by molar-refractivity contribution is 6.00. The molecule has 1 N–H and O–H groups in total. The number of amides is 1. The van der Waals surface area contributed by atoms with E-state index in [2.05, 4.69) is 17.1 Å². The summed E-state index contributed by atoms with van der Waals surface area (Å²) in [5, 5.41) is 3.42. The summed E-state index contributed by atoms with van der Waals surface area (Å²) in [4.78, 5) is 17.5. The maximum Gasteiger partial charge on any atom is 0.418 e. The highest BCUT2D eigenvalue weighted by atomic mass is 19.4. The van der Waals surface area contributed by atoms with Gasteiger partial charge < -0.3 is 14.6 Å². The van der Waals surface area contributed by atoms with Crippen molar-refractivity contribution in [1.82, 2.24) is 14.7 Å². The van der Waals surface area contributed by atoms with E-state index in [1.54, 1.807) is 12.3 Å². The largest absolute Gasteiger partial charge is 0.468 e. The molecule has 0 aliphatic carbocycles. The van der Waals surface area contributed by atoms with Gasteiger partial charge in [0, 0.05) is 51.0 Å². The first-order chi connectivity index (χ1) is 18.2. The lowest BCUT2D eigenvalue weighted by molar-refractivity contribution is -0.137. The van der Waals surface area contributed by atoms with E-state index in [9.17, 15) is 18.0 Å². The molecule has 4 fully saturated rings. The zero-order valence-electron chi connectivity index (χ0n) is 22.1. The van der Waals surface area contributed by atoms with Crippen molar-refractivity contribution < 1.29 is 22.4 Å². The van der Waals surface area contributed by atoms with Crippen LogP contribution < -0.4 is 14.7 Å². The molecule has 9 heteroatoms. The van der Waals surface area contributed by atoms with Crippen LogP contribution >= 0.6 is 0 Å². The maximum atomic E-state index is 14.6. The Morgan fingerprint density at radius 2 is 1.92 bits per heavy atom. The minimum atomic E-state index is -4.53. The highest BCUT2D eigenvalue weighted by Gasteiger charge is 2.52. The number of rotatable bonds is 5. The molecule has 1 aromatic heterocycles. The van der Waals surface area contributed by atoms with Gasteiger partial charge in [0.1, 0.15) is 17.5 Å². The number of likely N-dealkylation sites (tertiary alicyclic amines) is 2. The van der Waals surface area contributed by atoms with Crippen LogP contribution in [0.4, 0.5) is 24.5 Å². The van der Waals surface area contributed by atoms with Crippen LogP contribution in [0.2, 0.25) is 0 Å². The molecular weight excluding hydrogens is 493 g/mol. The Morgan fingerprint density at radius 3 is 2.55 bits per heavy atom. The van der Waals surface area contributed by atoms with Crippen molar-refractivity contribution in [3.63, 3.8) is 0 Å². The Bertz CT molecular complexity index is 1150. The molecule has 4 aliphatic rings. The van der Waals surface area contributed by atoms with Gasteiger partial charge >= 0.3 is 6.18 Å². The van der Waals surface area contributed by atoms with Crippen molar-refractivity contribution in [2.45, 2.75) is 70.3 Å². The van der Waals surface area contributed by atoms with E-state index >= 15 is 0 Å². The van der Waals surface area contributed by atoms with Crippen molar-refractivity contribution in [3.05, 3.63) is 47.9 Å². The monoisotopic (exact) mass is 531 g/mol. The smallest absolute Gasteiger partial charge is 0.418 e. The van der Waals surface area contributed by atoms with Crippen LogP contribution in [0.15, 0.2) is 41.0 Å². The van der Waals surface area contributed by atoms with Gasteiger partial charge in [-0.1, -0.05) is 0 Å². The average molecular weight is 532 g/mol. The summed E-state index contributed by atoms with van der Waals surface area (Å²) in [6.07, 6.45) is 2.05. The standard InChI is InChI=1S/C29H38F3N4O2/c1-21-4-2-16-36(21,23-8-12-33-19-23)22-6-7-26(25(18-22)29(30,31)32)35-15-11-28(27(35)37)9-13-34(14-10-28)20-24-5-3-17-38-24/h3,5-7,17-18,21,23,33H,2,4,8-16,19-20H2,1H3/q+1/t21-,23-,36?/m0/s1. The second-order valence-electron chi connectivity index (χ2n) is 11.8. The van der Waals surface area contributed by atoms with E-state index in [-0.39, 0.29) is 23.7 Å². The Kier molecular flexibility index (Phi) is 6.60.